The van der Waals surface area contributed by atoms with E-state index in [4.69, 9.17) is 0 Å². The Kier molecular flexibility index (Phi) is 7.54. The number of nitrogens with zero attached hydrogens (tertiary/aromatic N) is 3. The number of benzene rings is 1. The zero-order chi connectivity index (χ0) is 20.9. The zero-order valence-electron chi connectivity index (χ0n) is 17.6. The molecule has 0 aliphatic carbocycles. The van der Waals surface area contributed by atoms with Crippen molar-refractivity contribution in [1.82, 2.24) is 19.4 Å². The van der Waals surface area contributed by atoms with Gasteiger partial charge in [0, 0.05) is 39.3 Å². The first-order valence-corrected chi connectivity index (χ1v) is 12.4. The second-order valence-electron chi connectivity index (χ2n) is 8.44. The second kappa shape index (κ2) is 9.91. The molecule has 1 N–H and O–H groups in total. The van der Waals surface area contributed by atoms with Crippen LogP contribution in [-0.4, -0.2) is 74.1 Å². The van der Waals surface area contributed by atoms with Crippen LogP contribution in [0, 0.1) is 5.92 Å². The van der Waals surface area contributed by atoms with Crippen molar-refractivity contribution in [1.29, 1.82) is 0 Å². The summed E-state index contributed by atoms with van der Waals surface area (Å²) in [5.41, 5.74) is 2.38. The lowest BCUT2D eigenvalue weighted by Crippen LogP contribution is -2.42. The lowest BCUT2D eigenvalue weighted by molar-refractivity contribution is 0.185. The first kappa shape index (κ1) is 22.1. The maximum absolute atomic E-state index is 12.5. The molecule has 0 atom stereocenters. The molecule has 0 unspecified atom stereocenters. The Balaban J connectivity index is 1.44. The topological polar surface area (TPSA) is 73.0 Å². The number of piperidine rings is 1. The maximum Gasteiger partial charge on any atom is 0.317 e. The molecule has 2 aliphatic rings. The minimum Gasteiger partial charge on any atom is -0.334 e. The molecule has 0 spiro atoms. The van der Waals surface area contributed by atoms with Crippen LogP contribution in [0.3, 0.4) is 0 Å². The molecule has 2 amide bonds. The molecule has 2 aliphatic heterocycles. The third-order valence-electron chi connectivity index (χ3n) is 5.96. The van der Waals surface area contributed by atoms with Gasteiger partial charge in [-0.05, 0) is 49.4 Å². The Morgan fingerprint density at radius 3 is 2.31 bits per heavy atom. The number of nitrogens with one attached hydrogen (secondary N) is 1. The Labute approximate surface area is 175 Å². The minimum atomic E-state index is -3.20. The van der Waals surface area contributed by atoms with E-state index in [1.807, 2.05) is 0 Å². The summed E-state index contributed by atoms with van der Waals surface area (Å²) in [4.78, 5) is 16.7. The zero-order valence-corrected chi connectivity index (χ0v) is 18.5. The summed E-state index contributed by atoms with van der Waals surface area (Å²) in [6, 6.07) is 8.32. The third kappa shape index (κ3) is 6.69. The Bertz CT molecular complexity index is 774. The molecule has 0 bridgehead atoms. The van der Waals surface area contributed by atoms with Gasteiger partial charge in [0.25, 0.3) is 0 Å². The van der Waals surface area contributed by atoms with Crippen molar-refractivity contribution in [2.24, 2.45) is 5.92 Å². The van der Waals surface area contributed by atoms with Crippen molar-refractivity contribution in [3.05, 3.63) is 35.4 Å². The van der Waals surface area contributed by atoms with Crippen LogP contribution in [0.4, 0.5) is 4.79 Å². The third-order valence-corrected chi connectivity index (χ3v) is 7.26. The van der Waals surface area contributed by atoms with Crippen LogP contribution in [0.1, 0.15) is 37.3 Å². The van der Waals surface area contributed by atoms with Crippen LogP contribution in [0.2, 0.25) is 0 Å². The highest BCUT2D eigenvalue weighted by Gasteiger charge is 2.23. The molecule has 29 heavy (non-hydrogen) atoms. The lowest BCUT2D eigenvalue weighted by Gasteiger charge is -2.30. The molecule has 0 radical (unpaired) electrons. The molecule has 3 rings (SSSR count). The van der Waals surface area contributed by atoms with Crippen molar-refractivity contribution in [2.75, 3.05) is 45.5 Å². The molecule has 1 aromatic rings. The van der Waals surface area contributed by atoms with Gasteiger partial charge in [0.1, 0.15) is 0 Å². The Morgan fingerprint density at radius 1 is 1.00 bits per heavy atom. The normalized spacial score (nSPS) is 20.4. The first-order chi connectivity index (χ1) is 13.8. The number of amides is 2. The fourth-order valence-corrected chi connectivity index (χ4v) is 4.83. The van der Waals surface area contributed by atoms with E-state index in [-0.39, 0.29) is 6.03 Å². The molecule has 7 nitrogen and oxygen atoms in total. The van der Waals surface area contributed by atoms with Crippen molar-refractivity contribution >= 4 is 16.1 Å². The van der Waals surface area contributed by atoms with E-state index in [2.05, 4.69) is 41.4 Å². The van der Waals surface area contributed by atoms with Crippen molar-refractivity contribution in [2.45, 2.75) is 39.3 Å². The largest absolute Gasteiger partial charge is 0.334 e. The van der Waals surface area contributed by atoms with Crippen LogP contribution >= 0.6 is 0 Å². The summed E-state index contributed by atoms with van der Waals surface area (Å²) in [6.45, 7) is 7.97. The Morgan fingerprint density at radius 2 is 1.66 bits per heavy atom. The number of carbonyl (C=O) groups is 1. The van der Waals surface area contributed by atoms with Gasteiger partial charge in [0.05, 0.1) is 6.26 Å². The highest BCUT2D eigenvalue weighted by atomic mass is 32.2. The molecular weight excluding hydrogens is 388 g/mol. The average molecular weight is 423 g/mol. The molecule has 0 aromatic heterocycles. The van der Waals surface area contributed by atoms with Crippen LogP contribution in [0.15, 0.2) is 24.3 Å². The predicted molar refractivity (Wildman–Crippen MR) is 115 cm³/mol. The van der Waals surface area contributed by atoms with Gasteiger partial charge in [0.15, 0.2) is 0 Å². The summed E-state index contributed by atoms with van der Waals surface area (Å²) >= 11 is 0. The number of sulfonamides is 1. The molecule has 1 aromatic carbocycles. The van der Waals surface area contributed by atoms with E-state index in [1.54, 1.807) is 4.90 Å². The van der Waals surface area contributed by atoms with E-state index in [1.165, 1.54) is 42.1 Å². The summed E-state index contributed by atoms with van der Waals surface area (Å²) in [7, 11) is -3.20. The fourth-order valence-electron chi connectivity index (χ4n) is 3.96. The number of hydrogen-bond acceptors (Lipinski definition) is 4. The second-order valence-corrected chi connectivity index (χ2v) is 10.4. The van der Waals surface area contributed by atoms with Gasteiger partial charge in [-0.2, -0.15) is 0 Å². The molecule has 162 valence electrons. The number of rotatable bonds is 5. The van der Waals surface area contributed by atoms with Gasteiger partial charge in [-0.1, -0.05) is 31.2 Å². The van der Waals surface area contributed by atoms with Crippen molar-refractivity contribution in [3.63, 3.8) is 0 Å². The van der Waals surface area contributed by atoms with E-state index >= 15 is 0 Å². The van der Waals surface area contributed by atoms with Crippen LogP contribution < -0.4 is 5.32 Å². The Hall–Kier alpha value is -1.64. The van der Waals surface area contributed by atoms with Gasteiger partial charge in [-0.3, -0.25) is 4.90 Å². The highest BCUT2D eigenvalue weighted by molar-refractivity contribution is 7.88. The molecule has 2 heterocycles. The van der Waals surface area contributed by atoms with E-state index in [0.717, 1.165) is 18.0 Å². The SMILES string of the molecule is CC1CCN(Cc2ccc(CNC(=O)N3CCCN(S(C)(=O)=O)CC3)cc2)CC1. The van der Waals surface area contributed by atoms with Gasteiger partial charge < -0.3 is 10.2 Å². The van der Waals surface area contributed by atoms with Gasteiger partial charge in [0.2, 0.25) is 10.0 Å². The molecule has 0 saturated carbocycles. The highest BCUT2D eigenvalue weighted by Crippen LogP contribution is 2.18. The van der Waals surface area contributed by atoms with E-state index in [9.17, 15) is 13.2 Å². The van der Waals surface area contributed by atoms with Crippen molar-refractivity contribution in [3.8, 4) is 0 Å². The number of likely N-dealkylation sites (tertiary alicyclic amines) is 1. The average Bonchev–Trinajstić information content (AvgIpc) is 2.95. The summed E-state index contributed by atoms with van der Waals surface area (Å²) in [5, 5.41) is 2.96. The quantitative estimate of drug-likeness (QED) is 0.789. The summed E-state index contributed by atoms with van der Waals surface area (Å²) in [5.74, 6) is 0.843. The van der Waals surface area contributed by atoms with Gasteiger partial charge in [-0.25, -0.2) is 17.5 Å². The van der Waals surface area contributed by atoms with Gasteiger partial charge in [-0.15, -0.1) is 0 Å². The number of hydrogen-bond donors (Lipinski definition) is 1. The molecule has 2 saturated heterocycles. The van der Waals surface area contributed by atoms with Gasteiger partial charge >= 0.3 is 6.03 Å². The van der Waals surface area contributed by atoms with Crippen LogP contribution in [0.5, 0.6) is 0 Å². The smallest absolute Gasteiger partial charge is 0.317 e. The van der Waals surface area contributed by atoms with E-state index < -0.39 is 10.0 Å². The van der Waals surface area contributed by atoms with Crippen LogP contribution in [-0.2, 0) is 23.1 Å². The lowest BCUT2D eigenvalue weighted by atomic mass is 9.99. The monoisotopic (exact) mass is 422 g/mol. The standard InChI is InChI=1S/C21H34N4O3S/c1-18-8-12-23(13-9-18)17-20-6-4-19(5-7-20)16-22-21(26)24-10-3-11-25(15-14-24)29(2,27)28/h4-7,18H,3,8-17H2,1-2H3,(H,22,26). The molecule has 8 heteroatoms. The van der Waals surface area contributed by atoms with Crippen molar-refractivity contribution < 1.29 is 13.2 Å². The van der Waals surface area contributed by atoms with Crippen LogP contribution in [0.25, 0.3) is 0 Å². The summed E-state index contributed by atoms with van der Waals surface area (Å²) in [6.07, 6.45) is 4.44. The fraction of sp³-hybridized carbons (Fsp3) is 0.667. The molecule has 2 fully saturated rings. The maximum atomic E-state index is 12.5. The minimum absolute atomic E-state index is 0.133. The number of carbonyl (C=O) groups excluding carboxylic acids is 1. The summed E-state index contributed by atoms with van der Waals surface area (Å²) < 4.78 is 24.8. The first-order valence-electron chi connectivity index (χ1n) is 10.6. The number of urea groups is 1. The predicted octanol–water partition coefficient (Wildman–Crippen LogP) is 2.10. The van der Waals surface area contributed by atoms with E-state index in [0.29, 0.717) is 39.1 Å². The molecular formula is C21H34N4O3S.